The van der Waals surface area contributed by atoms with Crippen molar-refractivity contribution in [2.24, 2.45) is 0 Å². The predicted octanol–water partition coefficient (Wildman–Crippen LogP) is 3.10. The monoisotopic (exact) mass is 273 g/mol. The van der Waals surface area contributed by atoms with E-state index in [0.29, 0.717) is 6.61 Å². The van der Waals surface area contributed by atoms with Gasteiger partial charge in [-0.05, 0) is 44.5 Å². The second kappa shape index (κ2) is 7.31. The number of aromatic nitrogens is 2. The van der Waals surface area contributed by atoms with Gasteiger partial charge in [0.1, 0.15) is 0 Å². The summed E-state index contributed by atoms with van der Waals surface area (Å²) in [6.45, 7) is 7.93. The Kier molecular flexibility index (Phi) is 5.44. The van der Waals surface area contributed by atoms with Crippen LogP contribution in [-0.4, -0.2) is 29.2 Å². The Morgan fingerprint density at radius 2 is 1.90 bits per heavy atom. The number of hydrogen-bond acceptors (Lipinski definition) is 4. The Morgan fingerprint density at radius 3 is 2.60 bits per heavy atom. The number of benzene rings is 1. The molecule has 20 heavy (non-hydrogen) atoms. The first-order chi connectivity index (χ1) is 9.70. The highest BCUT2D eigenvalue weighted by Gasteiger charge is 2.12. The Morgan fingerprint density at radius 1 is 1.15 bits per heavy atom. The largest absolute Gasteiger partial charge is 0.377 e. The van der Waals surface area contributed by atoms with Gasteiger partial charge in [-0.25, -0.2) is 0 Å². The van der Waals surface area contributed by atoms with Gasteiger partial charge in [-0.15, -0.1) is 0 Å². The lowest BCUT2D eigenvalue weighted by Gasteiger charge is -2.20. The van der Waals surface area contributed by atoms with Crippen molar-refractivity contribution in [1.82, 2.24) is 15.3 Å². The van der Waals surface area contributed by atoms with Crippen LogP contribution in [-0.2, 0) is 4.74 Å². The molecule has 1 aromatic heterocycles. The van der Waals surface area contributed by atoms with Gasteiger partial charge in [0.05, 0.1) is 29.8 Å². The molecule has 0 radical (unpaired) electrons. The maximum atomic E-state index is 5.77. The summed E-state index contributed by atoms with van der Waals surface area (Å²) in [7, 11) is 0. The van der Waals surface area contributed by atoms with Crippen molar-refractivity contribution < 1.29 is 4.74 Å². The molecule has 0 saturated carbocycles. The Balaban J connectivity index is 2.19. The van der Waals surface area contributed by atoms with Crippen LogP contribution in [0.2, 0.25) is 0 Å². The van der Waals surface area contributed by atoms with E-state index < -0.39 is 0 Å². The third-order valence-corrected chi connectivity index (χ3v) is 3.13. The summed E-state index contributed by atoms with van der Waals surface area (Å²) in [5.74, 6) is 0. The first-order valence-electron chi connectivity index (χ1n) is 7.26. The lowest BCUT2D eigenvalue weighted by molar-refractivity contribution is 0.0611. The molecule has 1 heterocycles. The van der Waals surface area contributed by atoms with Gasteiger partial charge in [0.25, 0.3) is 0 Å². The van der Waals surface area contributed by atoms with Crippen molar-refractivity contribution in [3.05, 3.63) is 36.2 Å². The van der Waals surface area contributed by atoms with Gasteiger partial charge >= 0.3 is 0 Å². The maximum absolute atomic E-state index is 5.77. The second-order valence-electron chi connectivity index (χ2n) is 5.19. The smallest absolute Gasteiger partial charge is 0.0890 e. The Bertz CT molecular complexity index is 542. The lowest BCUT2D eigenvalue weighted by atomic mass is 10.1. The molecule has 1 atom stereocenters. The van der Waals surface area contributed by atoms with E-state index >= 15 is 0 Å². The maximum Gasteiger partial charge on any atom is 0.0890 e. The van der Waals surface area contributed by atoms with Crippen LogP contribution in [0, 0.1) is 0 Å². The molecule has 0 spiro atoms. The summed E-state index contributed by atoms with van der Waals surface area (Å²) < 4.78 is 5.77. The number of hydrogen-bond donors (Lipinski definition) is 1. The summed E-state index contributed by atoms with van der Waals surface area (Å²) in [6, 6.07) is 6.42. The third kappa shape index (κ3) is 3.99. The number of rotatable bonds is 7. The van der Waals surface area contributed by atoms with E-state index in [9.17, 15) is 0 Å². The van der Waals surface area contributed by atoms with Crippen LogP contribution in [0.1, 0.15) is 38.8 Å². The van der Waals surface area contributed by atoms with Crippen molar-refractivity contribution >= 4 is 11.0 Å². The van der Waals surface area contributed by atoms with Crippen LogP contribution in [0.4, 0.5) is 0 Å². The molecule has 1 aromatic carbocycles. The van der Waals surface area contributed by atoms with E-state index in [4.69, 9.17) is 4.74 Å². The fourth-order valence-corrected chi connectivity index (χ4v) is 2.08. The summed E-state index contributed by atoms with van der Waals surface area (Å²) in [4.78, 5) is 8.67. The molecule has 0 aliphatic carbocycles. The van der Waals surface area contributed by atoms with Gasteiger partial charge in [-0.2, -0.15) is 0 Å². The van der Waals surface area contributed by atoms with Gasteiger partial charge in [-0.3, -0.25) is 9.97 Å². The molecule has 108 valence electrons. The van der Waals surface area contributed by atoms with Crippen LogP contribution in [0.25, 0.3) is 11.0 Å². The molecule has 0 saturated heterocycles. The molecule has 2 aromatic rings. The molecular formula is C16H23N3O. The topological polar surface area (TPSA) is 47.0 Å². The predicted molar refractivity (Wildman–Crippen MR) is 81.7 cm³/mol. The minimum absolute atomic E-state index is 0.198. The molecule has 1 N–H and O–H groups in total. The van der Waals surface area contributed by atoms with Gasteiger partial charge in [0.15, 0.2) is 0 Å². The van der Waals surface area contributed by atoms with Crippen LogP contribution >= 0.6 is 0 Å². The molecule has 4 nitrogen and oxygen atoms in total. The first kappa shape index (κ1) is 14.9. The molecule has 0 bridgehead atoms. The van der Waals surface area contributed by atoms with E-state index in [1.54, 1.807) is 12.4 Å². The van der Waals surface area contributed by atoms with E-state index in [1.807, 2.05) is 6.07 Å². The zero-order valence-electron chi connectivity index (χ0n) is 12.5. The molecule has 0 amide bonds. The Hall–Kier alpha value is -1.52. The molecule has 0 aliphatic rings. The van der Waals surface area contributed by atoms with Crippen LogP contribution in [0.3, 0.4) is 0 Å². The number of fused-ring (bicyclic) bond motifs is 1. The number of nitrogens with one attached hydrogen (secondary N) is 1. The first-order valence-corrected chi connectivity index (χ1v) is 7.26. The quantitative estimate of drug-likeness (QED) is 0.842. The van der Waals surface area contributed by atoms with Crippen LogP contribution in [0.15, 0.2) is 30.6 Å². The van der Waals surface area contributed by atoms with Crippen molar-refractivity contribution in [3.8, 4) is 0 Å². The number of ether oxygens (including phenoxy) is 1. The fourth-order valence-electron chi connectivity index (χ4n) is 2.08. The highest BCUT2D eigenvalue weighted by Crippen LogP contribution is 2.18. The average molecular weight is 273 g/mol. The SMILES string of the molecule is CCCNC(COC(C)C)c1ccc2nccnc2c1. The molecular weight excluding hydrogens is 250 g/mol. The number of nitrogens with zero attached hydrogens (tertiary/aromatic N) is 2. The minimum Gasteiger partial charge on any atom is -0.377 e. The molecule has 0 aliphatic heterocycles. The van der Waals surface area contributed by atoms with Crippen LogP contribution in [0.5, 0.6) is 0 Å². The summed E-state index contributed by atoms with van der Waals surface area (Å²) in [5.41, 5.74) is 3.06. The lowest BCUT2D eigenvalue weighted by Crippen LogP contribution is -2.27. The van der Waals surface area contributed by atoms with E-state index in [1.165, 1.54) is 5.56 Å². The van der Waals surface area contributed by atoms with E-state index in [-0.39, 0.29) is 12.1 Å². The highest BCUT2D eigenvalue weighted by molar-refractivity contribution is 5.74. The zero-order valence-corrected chi connectivity index (χ0v) is 12.5. The second-order valence-corrected chi connectivity index (χ2v) is 5.19. The van der Waals surface area contributed by atoms with Crippen LogP contribution < -0.4 is 5.32 Å². The standard InChI is InChI=1S/C16H23N3O/c1-4-7-17-16(11-20-12(2)3)13-5-6-14-15(10-13)19-9-8-18-14/h5-6,8-10,12,16-17H,4,7,11H2,1-3H3. The fraction of sp³-hybridized carbons (Fsp3) is 0.500. The summed E-state index contributed by atoms with van der Waals surface area (Å²) in [6.07, 6.45) is 4.79. The van der Waals surface area contributed by atoms with E-state index in [2.05, 4.69) is 48.2 Å². The van der Waals surface area contributed by atoms with E-state index in [0.717, 1.165) is 24.0 Å². The normalized spacial score (nSPS) is 13.0. The molecule has 4 heteroatoms. The summed E-state index contributed by atoms with van der Waals surface area (Å²) in [5, 5.41) is 3.53. The highest BCUT2D eigenvalue weighted by atomic mass is 16.5. The van der Waals surface area contributed by atoms with Gasteiger partial charge in [0.2, 0.25) is 0 Å². The van der Waals surface area contributed by atoms with Crippen molar-refractivity contribution in [3.63, 3.8) is 0 Å². The third-order valence-electron chi connectivity index (χ3n) is 3.13. The average Bonchev–Trinajstić information content (AvgIpc) is 2.46. The van der Waals surface area contributed by atoms with Gasteiger partial charge < -0.3 is 10.1 Å². The molecule has 2 rings (SSSR count). The Labute approximate surface area is 120 Å². The van der Waals surface area contributed by atoms with Gasteiger partial charge in [0, 0.05) is 12.4 Å². The zero-order chi connectivity index (χ0) is 14.4. The van der Waals surface area contributed by atoms with Crippen molar-refractivity contribution in [2.45, 2.75) is 39.3 Å². The molecule has 0 fully saturated rings. The van der Waals surface area contributed by atoms with Crippen molar-refractivity contribution in [1.29, 1.82) is 0 Å². The molecule has 1 unspecified atom stereocenters. The van der Waals surface area contributed by atoms with Gasteiger partial charge in [-0.1, -0.05) is 13.0 Å². The van der Waals surface area contributed by atoms with Crippen molar-refractivity contribution in [2.75, 3.05) is 13.2 Å². The summed E-state index contributed by atoms with van der Waals surface area (Å²) >= 11 is 0. The minimum atomic E-state index is 0.198.